The second kappa shape index (κ2) is 6.93. The molecular weight excluding hydrogens is 274 g/mol. The van der Waals surface area contributed by atoms with Gasteiger partial charge in [0.25, 0.3) is 11.7 Å². The van der Waals surface area contributed by atoms with Gasteiger partial charge in [0.05, 0.1) is 13.1 Å². The smallest absolute Gasteiger partial charge is 0.292 e. The van der Waals surface area contributed by atoms with Crippen LogP contribution in [0, 0.1) is 0 Å². The molecule has 2 heterocycles. The van der Waals surface area contributed by atoms with Crippen LogP contribution in [0.3, 0.4) is 0 Å². The van der Waals surface area contributed by atoms with Gasteiger partial charge in [0.2, 0.25) is 5.89 Å². The first kappa shape index (κ1) is 15.1. The molecule has 0 atom stereocenters. The lowest BCUT2D eigenvalue weighted by atomic mass is 10.4. The number of nitrogens with zero attached hydrogens (tertiary/aromatic N) is 6. The quantitative estimate of drug-likeness (QED) is 0.770. The monoisotopic (exact) mass is 293 g/mol. The van der Waals surface area contributed by atoms with E-state index in [9.17, 15) is 4.79 Å². The molecule has 21 heavy (non-hydrogen) atoms. The minimum Gasteiger partial charge on any atom is -0.352 e. The third kappa shape index (κ3) is 3.85. The van der Waals surface area contributed by atoms with Crippen molar-refractivity contribution in [1.29, 1.82) is 0 Å². The van der Waals surface area contributed by atoms with Gasteiger partial charge in [-0.3, -0.25) is 9.69 Å². The number of hydrogen-bond acceptors (Lipinski definition) is 7. The van der Waals surface area contributed by atoms with Crippen molar-refractivity contribution < 1.29 is 9.32 Å². The standard InChI is InChI=1S/C12H19N7O2/c1-4-5-19-8-14-16-9(19)6-18(3)7-10-15-11(17-21-10)12(20)13-2/h8H,4-7H2,1-3H3,(H,13,20). The molecule has 2 aromatic heterocycles. The van der Waals surface area contributed by atoms with E-state index in [4.69, 9.17) is 4.52 Å². The van der Waals surface area contributed by atoms with Crippen molar-refractivity contribution in [1.82, 2.24) is 35.1 Å². The second-order valence-electron chi connectivity index (χ2n) is 4.70. The SMILES string of the molecule is CCCn1cnnc1CN(C)Cc1nc(C(=O)NC)no1. The molecule has 0 bridgehead atoms. The summed E-state index contributed by atoms with van der Waals surface area (Å²) in [5, 5.41) is 14.1. The third-order valence-electron chi connectivity index (χ3n) is 2.87. The number of aromatic nitrogens is 5. The molecule has 0 saturated carbocycles. The lowest BCUT2D eigenvalue weighted by molar-refractivity contribution is 0.0950. The van der Waals surface area contributed by atoms with Crippen molar-refractivity contribution in [3.8, 4) is 0 Å². The van der Waals surface area contributed by atoms with Crippen LogP contribution in [0.15, 0.2) is 10.9 Å². The van der Waals surface area contributed by atoms with Crippen molar-refractivity contribution in [2.24, 2.45) is 0 Å². The summed E-state index contributed by atoms with van der Waals surface area (Å²) in [4.78, 5) is 17.4. The van der Waals surface area contributed by atoms with E-state index in [1.807, 2.05) is 16.5 Å². The Hall–Kier alpha value is -2.29. The molecule has 0 aliphatic carbocycles. The molecule has 0 radical (unpaired) electrons. The summed E-state index contributed by atoms with van der Waals surface area (Å²) in [7, 11) is 3.43. The number of carbonyl (C=O) groups is 1. The molecule has 0 aliphatic rings. The van der Waals surface area contributed by atoms with Gasteiger partial charge in [0.15, 0.2) is 0 Å². The highest BCUT2D eigenvalue weighted by atomic mass is 16.5. The molecule has 9 heteroatoms. The largest absolute Gasteiger partial charge is 0.352 e. The van der Waals surface area contributed by atoms with Crippen LogP contribution in [-0.2, 0) is 19.6 Å². The molecule has 1 N–H and O–H groups in total. The fourth-order valence-corrected chi connectivity index (χ4v) is 1.88. The Morgan fingerprint density at radius 3 is 3.00 bits per heavy atom. The first-order valence-electron chi connectivity index (χ1n) is 6.74. The average Bonchev–Trinajstić information content (AvgIpc) is 3.09. The van der Waals surface area contributed by atoms with E-state index in [1.165, 1.54) is 7.05 Å². The minimum absolute atomic E-state index is 0.0371. The van der Waals surface area contributed by atoms with Crippen molar-refractivity contribution in [3.63, 3.8) is 0 Å². The number of hydrogen-bond donors (Lipinski definition) is 1. The summed E-state index contributed by atoms with van der Waals surface area (Å²) in [6, 6.07) is 0. The Morgan fingerprint density at radius 1 is 1.48 bits per heavy atom. The van der Waals surface area contributed by atoms with Crippen LogP contribution in [0.2, 0.25) is 0 Å². The maximum absolute atomic E-state index is 11.4. The average molecular weight is 293 g/mol. The van der Waals surface area contributed by atoms with Crippen molar-refractivity contribution in [2.75, 3.05) is 14.1 Å². The Kier molecular flexibility index (Phi) is 4.99. The van der Waals surface area contributed by atoms with E-state index in [1.54, 1.807) is 6.33 Å². The molecule has 0 saturated heterocycles. The lowest BCUT2D eigenvalue weighted by Crippen LogP contribution is -2.21. The van der Waals surface area contributed by atoms with Gasteiger partial charge < -0.3 is 14.4 Å². The topological polar surface area (TPSA) is 102 Å². The summed E-state index contributed by atoms with van der Waals surface area (Å²) < 4.78 is 7.06. The van der Waals surface area contributed by atoms with E-state index in [2.05, 4.69) is 32.6 Å². The van der Waals surface area contributed by atoms with Crippen LogP contribution < -0.4 is 5.32 Å². The predicted octanol–water partition coefficient (Wildman–Crippen LogP) is 0.0627. The third-order valence-corrected chi connectivity index (χ3v) is 2.87. The first-order valence-corrected chi connectivity index (χ1v) is 6.74. The Balaban J connectivity index is 1.95. The summed E-state index contributed by atoms with van der Waals surface area (Å²) in [6.45, 7) is 4.03. The molecule has 0 aliphatic heterocycles. The number of rotatable bonds is 7. The minimum atomic E-state index is -0.365. The molecule has 114 valence electrons. The number of aryl methyl sites for hydroxylation is 1. The summed E-state index contributed by atoms with van der Waals surface area (Å²) >= 11 is 0. The number of amides is 1. The fourth-order valence-electron chi connectivity index (χ4n) is 1.88. The molecule has 9 nitrogen and oxygen atoms in total. The maximum atomic E-state index is 11.4. The van der Waals surface area contributed by atoms with Crippen molar-refractivity contribution in [2.45, 2.75) is 33.0 Å². The van der Waals surface area contributed by atoms with Gasteiger partial charge in [-0.15, -0.1) is 10.2 Å². The summed E-state index contributed by atoms with van der Waals surface area (Å²) in [6.07, 6.45) is 2.75. The van der Waals surface area contributed by atoms with Crippen molar-refractivity contribution >= 4 is 5.91 Å². The number of carbonyl (C=O) groups excluding carboxylic acids is 1. The molecular formula is C12H19N7O2. The molecule has 1 amide bonds. The van der Waals surface area contributed by atoms with E-state index in [0.717, 1.165) is 18.8 Å². The maximum Gasteiger partial charge on any atom is 0.292 e. The highest BCUT2D eigenvalue weighted by Crippen LogP contribution is 2.06. The lowest BCUT2D eigenvalue weighted by Gasteiger charge is -2.14. The zero-order chi connectivity index (χ0) is 15.2. The summed E-state index contributed by atoms with van der Waals surface area (Å²) in [5.74, 6) is 0.938. The molecule has 0 spiro atoms. The highest BCUT2D eigenvalue weighted by Gasteiger charge is 2.15. The molecule has 0 fully saturated rings. The fraction of sp³-hybridized carbons (Fsp3) is 0.583. The number of nitrogens with one attached hydrogen (secondary N) is 1. The van der Waals surface area contributed by atoms with Crippen LogP contribution >= 0.6 is 0 Å². The Labute approximate surface area is 122 Å². The van der Waals surface area contributed by atoms with E-state index in [0.29, 0.717) is 19.0 Å². The van der Waals surface area contributed by atoms with Crippen LogP contribution in [0.25, 0.3) is 0 Å². The molecule has 0 unspecified atom stereocenters. The van der Waals surface area contributed by atoms with E-state index >= 15 is 0 Å². The molecule has 2 aromatic rings. The van der Waals surface area contributed by atoms with Gasteiger partial charge in [0, 0.05) is 13.6 Å². The first-order chi connectivity index (χ1) is 10.1. The van der Waals surface area contributed by atoms with E-state index in [-0.39, 0.29) is 11.7 Å². The highest BCUT2D eigenvalue weighted by molar-refractivity contribution is 5.89. The Bertz CT molecular complexity index is 592. The van der Waals surface area contributed by atoms with Crippen LogP contribution in [0.1, 0.15) is 35.7 Å². The Morgan fingerprint density at radius 2 is 2.29 bits per heavy atom. The zero-order valence-corrected chi connectivity index (χ0v) is 12.4. The van der Waals surface area contributed by atoms with Gasteiger partial charge in [-0.25, -0.2) is 0 Å². The second-order valence-corrected chi connectivity index (χ2v) is 4.70. The summed E-state index contributed by atoms with van der Waals surface area (Å²) in [5.41, 5.74) is 0. The predicted molar refractivity (Wildman–Crippen MR) is 73.2 cm³/mol. The van der Waals surface area contributed by atoms with Crippen molar-refractivity contribution in [3.05, 3.63) is 23.9 Å². The van der Waals surface area contributed by atoms with Crippen LogP contribution in [0.5, 0.6) is 0 Å². The molecule has 0 aromatic carbocycles. The van der Waals surface area contributed by atoms with Gasteiger partial charge in [-0.1, -0.05) is 12.1 Å². The van der Waals surface area contributed by atoms with Crippen LogP contribution in [-0.4, -0.2) is 49.8 Å². The van der Waals surface area contributed by atoms with E-state index < -0.39 is 0 Å². The van der Waals surface area contributed by atoms with Gasteiger partial charge in [0.1, 0.15) is 12.2 Å². The van der Waals surface area contributed by atoms with Crippen LogP contribution in [0.4, 0.5) is 0 Å². The van der Waals surface area contributed by atoms with Gasteiger partial charge >= 0.3 is 0 Å². The van der Waals surface area contributed by atoms with Gasteiger partial charge in [-0.05, 0) is 13.5 Å². The van der Waals surface area contributed by atoms with Gasteiger partial charge in [-0.2, -0.15) is 4.98 Å². The zero-order valence-electron chi connectivity index (χ0n) is 12.4. The normalized spacial score (nSPS) is 11.0. The molecule has 2 rings (SSSR count).